The Labute approximate surface area is 139 Å². The topological polar surface area (TPSA) is 96.7 Å². The Balaban J connectivity index is 1.96. The molecule has 1 aliphatic heterocycles. The van der Waals surface area contributed by atoms with Gasteiger partial charge in [0.15, 0.2) is 12.0 Å². The molecule has 0 amide bonds. The minimum atomic E-state index is -1.51. The first-order chi connectivity index (χ1) is 10.5. The van der Waals surface area contributed by atoms with Crippen LogP contribution < -0.4 is 4.65 Å². The first-order valence-electron chi connectivity index (χ1n) is 7.72. The Kier molecular flexibility index (Phi) is 3.90. The van der Waals surface area contributed by atoms with E-state index >= 15 is 0 Å². The second kappa shape index (κ2) is 5.30. The van der Waals surface area contributed by atoms with Gasteiger partial charge in [-0.15, -0.1) is 0 Å². The molecule has 1 aromatic rings. The molecular weight excluding hydrogens is 318 g/mol. The van der Waals surface area contributed by atoms with E-state index in [1.807, 2.05) is 0 Å². The normalized spacial score (nSPS) is 35.6. The van der Waals surface area contributed by atoms with Gasteiger partial charge in [-0.05, 0) is 24.8 Å². The molecule has 4 unspecified atom stereocenters. The predicted octanol–water partition coefficient (Wildman–Crippen LogP) is 1.28. The van der Waals surface area contributed by atoms with Crippen LogP contribution in [0.4, 0.5) is 5.13 Å². The van der Waals surface area contributed by atoms with Crippen molar-refractivity contribution in [2.75, 3.05) is 13.7 Å². The Morgan fingerprint density at radius 1 is 1.35 bits per heavy atom. The molecule has 0 spiro atoms. The molecule has 128 valence electrons. The molecule has 0 radical (unpaired) electrons. The number of hydrogen-bond acceptors (Lipinski definition) is 7. The lowest BCUT2D eigenvalue weighted by Crippen LogP contribution is -2.50. The maximum atomic E-state index is 13.0. The zero-order chi connectivity index (χ0) is 17.2. The fraction of sp³-hybridized carbons (Fsp3) is 0.733. The molecule has 4 atom stereocenters. The Bertz CT molecular complexity index is 641. The van der Waals surface area contributed by atoms with Crippen molar-refractivity contribution in [3.63, 3.8) is 0 Å². The lowest BCUT2D eigenvalue weighted by molar-refractivity contribution is -0.0490. The number of aliphatic hydroxyl groups excluding tert-OH is 2. The van der Waals surface area contributed by atoms with Gasteiger partial charge >= 0.3 is 0 Å². The van der Waals surface area contributed by atoms with E-state index in [4.69, 9.17) is 0 Å². The van der Waals surface area contributed by atoms with E-state index in [0.29, 0.717) is 23.4 Å². The monoisotopic (exact) mass is 341 g/mol. The van der Waals surface area contributed by atoms with E-state index in [1.54, 1.807) is 7.05 Å². The third-order valence-corrected chi connectivity index (χ3v) is 6.19. The van der Waals surface area contributed by atoms with Crippen molar-refractivity contribution in [2.45, 2.75) is 46.1 Å². The number of hydroxylamine groups is 2. The van der Waals surface area contributed by atoms with Crippen LogP contribution in [0.5, 0.6) is 0 Å². The van der Waals surface area contributed by atoms with Gasteiger partial charge in [0.05, 0.1) is 10.6 Å². The lowest BCUT2D eigenvalue weighted by atomic mass is 9.73. The van der Waals surface area contributed by atoms with Gasteiger partial charge in [-0.1, -0.05) is 32.1 Å². The summed E-state index contributed by atoms with van der Waals surface area (Å²) in [7, 11) is 1.57. The Morgan fingerprint density at radius 3 is 2.52 bits per heavy atom. The number of aliphatic hydroxyl groups is 2. The van der Waals surface area contributed by atoms with Crippen molar-refractivity contribution in [1.82, 2.24) is 14.5 Å². The molecule has 2 aliphatic rings. The van der Waals surface area contributed by atoms with Crippen molar-refractivity contribution in [3.8, 4) is 0 Å². The van der Waals surface area contributed by atoms with Crippen LogP contribution in [0.15, 0.2) is 0 Å². The summed E-state index contributed by atoms with van der Waals surface area (Å²) in [6, 6.07) is 0. The molecule has 2 N–H and O–H groups in total. The number of likely N-dealkylation sites (N-methyl/N-ethyl adjacent to an activating group) is 1. The van der Waals surface area contributed by atoms with E-state index in [-0.39, 0.29) is 28.9 Å². The van der Waals surface area contributed by atoms with E-state index in [2.05, 4.69) is 25.8 Å². The van der Waals surface area contributed by atoms with Crippen molar-refractivity contribution in [3.05, 3.63) is 15.8 Å². The number of carbonyl (C=O) groups excluding carboxylic acids is 1. The molecule has 1 aromatic heterocycles. The molecule has 23 heavy (non-hydrogen) atoms. The summed E-state index contributed by atoms with van der Waals surface area (Å²) in [6.07, 6.45) is -1.62. The third kappa shape index (κ3) is 2.63. The van der Waals surface area contributed by atoms with E-state index in [9.17, 15) is 20.2 Å². The van der Waals surface area contributed by atoms with Crippen LogP contribution in [-0.4, -0.2) is 52.1 Å². The zero-order valence-corrected chi connectivity index (χ0v) is 14.6. The molecule has 8 heteroatoms. The van der Waals surface area contributed by atoms with Crippen molar-refractivity contribution in [2.24, 2.45) is 11.3 Å². The summed E-state index contributed by atoms with van der Waals surface area (Å²) in [4.78, 5) is 18.7. The third-order valence-electron chi connectivity index (χ3n) is 4.94. The quantitative estimate of drug-likeness (QED) is 0.590. The van der Waals surface area contributed by atoms with Gasteiger partial charge in [0.25, 0.3) is 5.13 Å². The molecule has 1 saturated heterocycles. The smallest absolute Gasteiger partial charge is 0.290 e. The van der Waals surface area contributed by atoms with Crippen LogP contribution in [0.1, 0.15) is 42.6 Å². The summed E-state index contributed by atoms with van der Waals surface area (Å²) in [5, 5.41) is 33.1. The fourth-order valence-corrected chi connectivity index (χ4v) is 4.31. The van der Waals surface area contributed by atoms with E-state index in [1.165, 1.54) is 4.90 Å². The van der Waals surface area contributed by atoms with E-state index < -0.39 is 17.1 Å². The molecule has 2 heterocycles. The maximum absolute atomic E-state index is 13.0. The molecular formula is C15H23N3O4S. The molecule has 3 rings (SSSR count). The minimum absolute atomic E-state index is 0.00950. The van der Waals surface area contributed by atoms with Gasteiger partial charge in [-0.25, -0.2) is 4.90 Å². The highest BCUT2D eigenvalue weighted by atomic mass is 32.1. The zero-order valence-electron chi connectivity index (χ0n) is 13.8. The van der Waals surface area contributed by atoms with Gasteiger partial charge in [0.1, 0.15) is 6.67 Å². The molecule has 0 aromatic carbocycles. The highest BCUT2D eigenvalue weighted by molar-refractivity contribution is 7.17. The lowest BCUT2D eigenvalue weighted by Gasteiger charge is -2.36. The number of thiazole rings is 1. The average Bonchev–Trinajstić information content (AvgIpc) is 2.96. The van der Waals surface area contributed by atoms with Gasteiger partial charge in [-0.2, -0.15) is 4.98 Å². The molecule has 1 aliphatic carbocycles. The molecule has 0 bridgehead atoms. The second-order valence-electron chi connectivity index (χ2n) is 7.69. The van der Waals surface area contributed by atoms with Crippen LogP contribution in [0.2, 0.25) is 0 Å². The van der Waals surface area contributed by atoms with Crippen molar-refractivity contribution in [1.29, 1.82) is 0 Å². The number of Topliss-reactive ketones (excluding diaryl/α,β-unsaturated/α-hetero) is 1. The van der Waals surface area contributed by atoms with Crippen LogP contribution in [-0.2, 0) is 6.42 Å². The number of rotatable bonds is 1. The highest BCUT2D eigenvalue weighted by Crippen LogP contribution is 2.43. The van der Waals surface area contributed by atoms with Gasteiger partial charge in [0, 0.05) is 6.42 Å². The van der Waals surface area contributed by atoms with Crippen LogP contribution in [0, 0.1) is 16.5 Å². The van der Waals surface area contributed by atoms with Gasteiger partial charge < -0.3 is 15.4 Å². The van der Waals surface area contributed by atoms with Crippen LogP contribution in [0.25, 0.3) is 0 Å². The maximum Gasteiger partial charge on any atom is 0.290 e. The number of carbonyl (C=O) groups is 1. The Hall–Kier alpha value is -0.900. The largest absolute Gasteiger partial charge is 0.623 e. The number of nitrogens with zero attached hydrogens (tertiary/aromatic N) is 3. The first-order valence-corrected chi connectivity index (χ1v) is 8.54. The van der Waals surface area contributed by atoms with Gasteiger partial charge in [-0.3, -0.25) is 9.44 Å². The molecule has 0 saturated carbocycles. The summed E-state index contributed by atoms with van der Waals surface area (Å²) >= 11 is 1.06. The highest BCUT2D eigenvalue weighted by Gasteiger charge is 2.49. The first kappa shape index (κ1) is 16.9. The van der Waals surface area contributed by atoms with Gasteiger partial charge in [0.2, 0.25) is 6.23 Å². The Morgan fingerprint density at radius 2 is 2.00 bits per heavy atom. The average molecular weight is 341 g/mol. The number of aromatic nitrogens is 1. The summed E-state index contributed by atoms with van der Waals surface area (Å²) in [6.45, 7) is 6.20. The van der Waals surface area contributed by atoms with Crippen molar-refractivity contribution < 1.29 is 15.0 Å². The number of fused-ring (bicyclic) bond motifs is 1. The van der Waals surface area contributed by atoms with Crippen LogP contribution >= 0.6 is 11.3 Å². The minimum Gasteiger partial charge on any atom is -0.623 e. The second-order valence-corrected chi connectivity index (χ2v) is 8.67. The summed E-state index contributed by atoms with van der Waals surface area (Å²) in [5.74, 6) is 0.207. The van der Waals surface area contributed by atoms with Crippen molar-refractivity contribution >= 4 is 22.3 Å². The summed E-state index contributed by atoms with van der Waals surface area (Å²) in [5.41, 5.74) is 0.649. The molecule has 7 nitrogen and oxygen atoms in total. The number of quaternary nitrogens is 1. The number of ketones is 1. The SMILES string of the molecule is CN1C[N+]([O-])(c2nc3c(s2)C(=O)CC(C(C)(C)C)C3)C(O)C1O. The number of hydrogen-bond donors (Lipinski definition) is 2. The van der Waals surface area contributed by atoms with E-state index in [0.717, 1.165) is 11.3 Å². The standard InChI is InChI=1S/C15H23N3O4S/c1-15(2,3)8-5-9-11(10(19)6-8)23-14(16-9)18(22)7-17(4)12(20)13(18)21/h8,12-13,20-21H,5-7H2,1-4H3. The predicted molar refractivity (Wildman–Crippen MR) is 87.5 cm³/mol. The fourth-order valence-electron chi connectivity index (χ4n) is 3.21. The van der Waals surface area contributed by atoms with Crippen LogP contribution in [0.3, 0.4) is 0 Å². The molecule has 1 fully saturated rings. The summed E-state index contributed by atoms with van der Waals surface area (Å²) < 4.78 is -1.12.